The number of nitrogens with zero attached hydrogens (tertiary/aromatic N) is 2. The Hall–Kier alpha value is -2.56. The van der Waals surface area contributed by atoms with Crippen molar-refractivity contribution in [3.05, 3.63) is 53.7 Å². The summed E-state index contributed by atoms with van der Waals surface area (Å²) in [4.78, 5) is 18.3. The van der Waals surface area contributed by atoms with Gasteiger partial charge in [0.05, 0.1) is 5.56 Å². The number of pyridine rings is 1. The maximum absolute atomic E-state index is 12.2. The number of phenolic OH excluding ortho intramolecular Hbond substituents is 1. The van der Waals surface area contributed by atoms with Crippen LogP contribution in [0.2, 0.25) is 0 Å². The lowest BCUT2D eigenvalue weighted by Crippen LogP contribution is -2.27. The lowest BCUT2D eigenvalue weighted by molar-refractivity contribution is 0.0953. The first-order chi connectivity index (χ1) is 10.6. The van der Waals surface area contributed by atoms with E-state index in [1.165, 1.54) is 0 Å². The Kier molecular flexibility index (Phi) is 5.36. The van der Waals surface area contributed by atoms with Gasteiger partial charge in [0.2, 0.25) is 0 Å². The van der Waals surface area contributed by atoms with Crippen molar-refractivity contribution in [2.24, 2.45) is 0 Å². The summed E-state index contributed by atoms with van der Waals surface area (Å²) in [5, 5.41) is 12.2. The second-order valence-corrected chi connectivity index (χ2v) is 5.29. The Morgan fingerprint density at radius 3 is 2.64 bits per heavy atom. The second-order valence-electron chi connectivity index (χ2n) is 5.29. The van der Waals surface area contributed by atoms with Crippen LogP contribution in [0.25, 0.3) is 0 Å². The van der Waals surface area contributed by atoms with Gasteiger partial charge in [-0.05, 0) is 42.7 Å². The van der Waals surface area contributed by atoms with Crippen LogP contribution in [0.4, 0.5) is 5.82 Å². The number of nitrogens with one attached hydrogen (secondary N) is 1. The SMILES string of the molecule is CN(C)c1ncccc1C(=O)NCCCc1ccc(O)cc1. The van der Waals surface area contributed by atoms with Crippen molar-refractivity contribution < 1.29 is 9.90 Å². The van der Waals surface area contributed by atoms with Gasteiger partial charge < -0.3 is 15.3 Å². The van der Waals surface area contributed by atoms with E-state index in [1.54, 1.807) is 30.5 Å². The van der Waals surface area contributed by atoms with Crippen molar-refractivity contribution in [1.82, 2.24) is 10.3 Å². The number of aromatic hydroxyl groups is 1. The van der Waals surface area contributed by atoms with Crippen LogP contribution in [-0.4, -0.2) is 36.6 Å². The van der Waals surface area contributed by atoms with Crippen molar-refractivity contribution in [2.45, 2.75) is 12.8 Å². The molecule has 0 radical (unpaired) electrons. The van der Waals surface area contributed by atoms with Crippen molar-refractivity contribution in [2.75, 3.05) is 25.5 Å². The van der Waals surface area contributed by atoms with Crippen LogP contribution in [0.5, 0.6) is 5.75 Å². The monoisotopic (exact) mass is 299 g/mol. The van der Waals surface area contributed by atoms with Crippen LogP contribution in [0.15, 0.2) is 42.6 Å². The summed E-state index contributed by atoms with van der Waals surface area (Å²) in [5.74, 6) is 0.825. The molecule has 22 heavy (non-hydrogen) atoms. The van der Waals surface area contributed by atoms with Gasteiger partial charge in [0.25, 0.3) is 5.91 Å². The first-order valence-corrected chi connectivity index (χ1v) is 7.26. The molecule has 0 fully saturated rings. The van der Waals surface area contributed by atoms with E-state index in [-0.39, 0.29) is 11.7 Å². The first-order valence-electron chi connectivity index (χ1n) is 7.26. The average Bonchev–Trinajstić information content (AvgIpc) is 2.53. The zero-order valence-corrected chi connectivity index (χ0v) is 12.9. The zero-order valence-electron chi connectivity index (χ0n) is 12.9. The van der Waals surface area contributed by atoms with Crippen molar-refractivity contribution >= 4 is 11.7 Å². The van der Waals surface area contributed by atoms with Gasteiger partial charge in [0, 0.05) is 26.8 Å². The molecule has 0 aliphatic heterocycles. The Bertz CT molecular complexity index is 624. The van der Waals surface area contributed by atoms with Crippen LogP contribution in [0.3, 0.4) is 0 Å². The number of carbonyl (C=O) groups is 1. The topological polar surface area (TPSA) is 65.5 Å². The molecule has 5 heteroatoms. The lowest BCUT2D eigenvalue weighted by atomic mass is 10.1. The number of aryl methyl sites for hydroxylation is 1. The number of anilines is 1. The van der Waals surface area contributed by atoms with E-state index in [0.29, 0.717) is 17.9 Å². The van der Waals surface area contributed by atoms with Crippen LogP contribution in [-0.2, 0) is 6.42 Å². The molecule has 0 bridgehead atoms. The first kappa shape index (κ1) is 15.8. The minimum Gasteiger partial charge on any atom is -0.508 e. The van der Waals surface area contributed by atoms with E-state index in [1.807, 2.05) is 31.1 Å². The predicted molar refractivity (Wildman–Crippen MR) is 87.3 cm³/mol. The molecule has 0 saturated carbocycles. The molecule has 1 heterocycles. The quantitative estimate of drug-likeness (QED) is 0.803. The Balaban J connectivity index is 1.84. The van der Waals surface area contributed by atoms with E-state index in [0.717, 1.165) is 18.4 Å². The molecule has 116 valence electrons. The molecule has 0 spiro atoms. The highest BCUT2D eigenvalue weighted by Crippen LogP contribution is 2.14. The number of aromatic nitrogens is 1. The third-order valence-corrected chi connectivity index (χ3v) is 3.32. The molecule has 0 aliphatic rings. The number of phenols is 1. The zero-order chi connectivity index (χ0) is 15.9. The van der Waals surface area contributed by atoms with Crippen molar-refractivity contribution in [1.29, 1.82) is 0 Å². The third kappa shape index (κ3) is 4.22. The maximum Gasteiger partial charge on any atom is 0.255 e. The predicted octanol–water partition coefficient (Wildman–Crippen LogP) is 2.22. The van der Waals surface area contributed by atoms with E-state index in [4.69, 9.17) is 0 Å². The maximum atomic E-state index is 12.2. The molecule has 0 atom stereocenters. The minimum absolute atomic E-state index is 0.109. The summed E-state index contributed by atoms with van der Waals surface area (Å²) < 4.78 is 0. The summed E-state index contributed by atoms with van der Waals surface area (Å²) >= 11 is 0. The highest BCUT2D eigenvalue weighted by molar-refractivity contribution is 5.98. The van der Waals surface area contributed by atoms with E-state index >= 15 is 0 Å². The number of amides is 1. The number of carbonyl (C=O) groups excluding carboxylic acids is 1. The molecule has 0 aliphatic carbocycles. The molecule has 1 aromatic heterocycles. The van der Waals surface area contributed by atoms with Gasteiger partial charge in [-0.2, -0.15) is 0 Å². The number of hydrogen-bond acceptors (Lipinski definition) is 4. The molecule has 2 rings (SSSR count). The molecular weight excluding hydrogens is 278 g/mol. The number of benzene rings is 1. The fourth-order valence-corrected chi connectivity index (χ4v) is 2.18. The standard InChI is InChI=1S/C17H21N3O2/c1-20(2)16-15(6-4-11-18-16)17(22)19-12-3-5-13-7-9-14(21)10-8-13/h4,6-11,21H,3,5,12H2,1-2H3,(H,19,22). The van der Waals surface area contributed by atoms with Crippen LogP contribution < -0.4 is 10.2 Å². The molecule has 2 aromatic rings. The Morgan fingerprint density at radius 1 is 1.23 bits per heavy atom. The van der Waals surface area contributed by atoms with Crippen LogP contribution in [0.1, 0.15) is 22.3 Å². The van der Waals surface area contributed by atoms with Crippen LogP contribution in [0, 0.1) is 0 Å². The fourth-order valence-electron chi connectivity index (χ4n) is 2.18. The Labute approximate surface area is 130 Å². The van der Waals surface area contributed by atoms with Gasteiger partial charge >= 0.3 is 0 Å². The van der Waals surface area contributed by atoms with Gasteiger partial charge in [-0.1, -0.05) is 12.1 Å². The van der Waals surface area contributed by atoms with E-state index < -0.39 is 0 Å². The second kappa shape index (κ2) is 7.45. The van der Waals surface area contributed by atoms with Crippen LogP contribution >= 0.6 is 0 Å². The van der Waals surface area contributed by atoms with Gasteiger partial charge in [0.15, 0.2) is 0 Å². The molecule has 1 amide bonds. The highest BCUT2D eigenvalue weighted by atomic mass is 16.3. The molecular formula is C17H21N3O2. The van der Waals surface area contributed by atoms with E-state index in [9.17, 15) is 9.90 Å². The van der Waals surface area contributed by atoms with Gasteiger partial charge in [-0.3, -0.25) is 4.79 Å². The third-order valence-electron chi connectivity index (χ3n) is 3.32. The Morgan fingerprint density at radius 2 is 1.95 bits per heavy atom. The summed E-state index contributed by atoms with van der Waals surface area (Å²) in [7, 11) is 3.73. The largest absolute Gasteiger partial charge is 0.508 e. The number of rotatable bonds is 6. The van der Waals surface area contributed by atoms with Crippen molar-refractivity contribution in [3.63, 3.8) is 0 Å². The molecule has 5 nitrogen and oxygen atoms in total. The van der Waals surface area contributed by atoms with Gasteiger partial charge in [-0.15, -0.1) is 0 Å². The van der Waals surface area contributed by atoms with Gasteiger partial charge in [-0.25, -0.2) is 4.98 Å². The minimum atomic E-state index is -0.109. The molecule has 0 saturated heterocycles. The van der Waals surface area contributed by atoms with Crippen molar-refractivity contribution in [3.8, 4) is 5.75 Å². The fraction of sp³-hybridized carbons (Fsp3) is 0.294. The van der Waals surface area contributed by atoms with Gasteiger partial charge in [0.1, 0.15) is 11.6 Å². The summed E-state index contributed by atoms with van der Waals surface area (Å²) in [5.41, 5.74) is 1.72. The molecule has 0 unspecified atom stereocenters. The highest BCUT2D eigenvalue weighted by Gasteiger charge is 2.12. The summed E-state index contributed by atoms with van der Waals surface area (Å²) in [6.45, 7) is 0.599. The molecule has 2 N–H and O–H groups in total. The summed E-state index contributed by atoms with van der Waals surface area (Å²) in [6, 6.07) is 10.7. The summed E-state index contributed by atoms with van der Waals surface area (Å²) in [6.07, 6.45) is 3.37. The average molecular weight is 299 g/mol. The number of hydrogen-bond donors (Lipinski definition) is 2. The molecule has 1 aromatic carbocycles. The normalized spacial score (nSPS) is 10.3. The smallest absolute Gasteiger partial charge is 0.255 e. The lowest BCUT2D eigenvalue weighted by Gasteiger charge is -2.15. The van der Waals surface area contributed by atoms with E-state index in [2.05, 4.69) is 10.3 Å².